The predicted octanol–water partition coefficient (Wildman–Crippen LogP) is 3.96. The summed E-state index contributed by atoms with van der Waals surface area (Å²) in [5, 5.41) is 0. The van der Waals surface area contributed by atoms with Crippen molar-refractivity contribution in [2.45, 2.75) is 56.6 Å². The average Bonchev–Trinajstić information content (AvgIpc) is 2.96. The quantitative estimate of drug-likeness (QED) is 0.846. The number of nitrogens with zero attached hydrogens (tertiary/aromatic N) is 2. The van der Waals surface area contributed by atoms with Gasteiger partial charge >= 0.3 is 0 Å². The van der Waals surface area contributed by atoms with E-state index in [4.69, 9.17) is 15.5 Å². The minimum Gasteiger partial charge on any atom is -0.381 e. The van der Waals surface area contributed by atoms with E-state index in [2.05, 4.69) is 62.2 Å². The second kappa shape index (κ2) is 6.33. The van der Waals surface area contributed by atoms with Gasteiger partial charge in [0.25, 0.3) is 0 Å². The lowest BCUT2D eigenvalue weighted by molar-refractivity contribution is -0.00294. The van der Waals surface area contributed by atoms with Gasteiger partial charge in [-0.2, -0.15) is 0 Å². The molecule has 4 heteroatoms. The summed E-state index contributed by atoms with van der Waals surface area (Å²) in [6.45, 7) is 5.25. The summed E-state index contributed by atoms with van der Waals surface area (Å²) >= 11 is 0. The van der Waals surface area contributed by atoms with Crippen molar-refractivity contribution >= 4 is 5.96 Å². The maximum absolute atomic E-state index is 6.33. The summed E-state index contributed by atoms with van der Waals surface area (Å²) < 4.78 is 5.86. The van der Waals surface area contributed by atoms with E-state index < -0.39 is 0 Å². The number of likely N-dealkylation sites (N-methyl/N-ethyl adjacent to an activating group) is 1. The van der Waals surface area contributed by atoms with Crippen LogP contribution in [-0.4, -0.2) is 43.2 Å². The third kappa shape index (κ3) is 2.65. The van der Waals surface area contributed by atoms with Gasteiger partial charge < -0.3 is 15.4 Å². The van der Waals surface area contributed by atoms with E-state index >= 15 is 0 Å². The lowest BCUT2D eigenvalue weighted by atomic mass is 9.59. The maximum atomic E-state index is 6.33. The highest BCUT2D eigenvalue weighted by Gasteiger charge is 2.62. The number of methoxy groups -OCH3 is 1. The fourth-order valence-electron chi connectivity index (χ4n) is 6.24. The molecule has 152 valence electrons. The van der Waals surface area contributed by atoms with Crippen LogP contribution in [0, 0.1) is 13.8 Å². The van der Waals surface area contributed by atoms with Crippen LogP contribution < -0.4 is 5.73 Å². The molecule has 4 nitrogen and oxygen atoms in total. The lowest BCUT2D eigenvalue weighted by Crippen LogP contribution is -2.63. The van der Waals surface area contributed by atoms with Gasteiger partial charge in [0.05, 0.1) is 11.6 Å². The smallest absolute Gasteiger partial charge is 0.191 e. The fraction of sp³-hybridized carbons (Fsp3) is 0.480. The van der Waals surface area contributed by atoms with E-state index in [0.717, 1.165) is 32.2 Å². The summed E-state index contributed by atoms with van der Waals surface area (Å²) in [7, 11) is 3.92. The fourth-order valence-corrected chi connectivity index (χ4v) is 6.24. The Morgan fingerprint density at radius 3 is 2.59 bits per heavy atom. The van der Waals surface area contributed by atoms with Crippen molar-refractivity contribution in [3.8, 4) is 11.1 Å². The molecule has 0 saturated heterocycles. The molecule has 0 aromatic heterocycles. The normalized spacial score (nSPS) is 30.4. The first-order valence-electron chi connectivity index (χ1n) is 10.7. The summed E-state index contributed by atoms with van der Waals surface area (Å²) in [6.07, 6.45) is 4.36. The summed E-state index contributed by atoms with van der Waals surface area (Å²) in [6, 6.07) is 13.9. The topological polar surface area (TPSA) is 50.9 Å². The zero-order valence-corrected chi connectivity index (χ0v) is 18.0. The molecule has 3 atom stereocenters. The van der Waals surface area contributed by atoms with Gasteiger partial charge in [-0.15, -0.1) is 0 Å². The highest BCUT2D eigenvalue weighted by molar-refractivity contribution is 5.81. The molecule has 1 heterocycles. The monoisotopic (exact) mass is 389 g/mol. The zero-order valence-electron chi connectivity index (χ0n) is 18.0. The van der Waals surface area contributed by atoms with Crippen molar-refractivity contribution in [1.82, 2.24) is 4.90 Å². The van der Waals surface area contributed by atoms with Crippen LogP contribution in [0.2, 0.25) is 0 Å². The number of rotatable bonds is 2. The van der Waals surface area contributed by atoms with Crippen molar-refractivity contribution in [3.63, 3.8) is 0 Å². The van der Waals surface area contributed by atoms with Gasteiger partial charge in [0.1, 0.15) is 0 Å². The molecule has 0 spiro atoms. The number of ether oxygens (including phenoxy) is 1. The third-order valence-corrected chi connectivity index (χ3v) is 7.57. The molecule has 5 rings (SSSR count). The van der Waals surface area contributed by atoms with Crippen LogP contribution in [0.3, 0.4) is 0 Å². The van der Waals surface area contributed by atoms with Crippen LogP contribution in [-0.2, 0) is 16.6 Å². The number of guanidine groups is 1. The van der Waals surface area contributed by atoms with Crippen LogP contribution in [0.5, 0.6) is 0 Å². The molecule has 2 aromatic carbocycles. The molecule has 0 amide bonds. The number of benzene rings is 2. The number of aliphatic imine (C=N–C) groups is 1. The first-order chi connectivity index (χ1) is 13.9. The largest absolute Gasteiger partial charge is 0.381 e. The Labute approximate surface area is 173 Å². The molecule has 2 aliphatic carbocycles. The molecule has 0 radical (unpaired) electrons. The molecule has 0 bridgehead atoms. The minimum absolute atomic E-state index is 0.0340. The van der Waals surface area contributed by atoms with Crippen LogP contribution in [0.25, 0.3) is 11.1 Å². The van der Waals surface area contributed by atoms with Gasteiger partial charge in [0.2, 0.25) is 0 Å². The molecule has 1 saturated carbocycles. The van der Waals surface area contributed by atoms with Crippen molar-refractivity contribution < 1.29 is 4.74 Å². The molecular weight excluding hydrogens is 358 g/mol. The first kappa shape index (κ1) is 18.7. The average molecular weight is 390 g/mol. The zero-order chi connectivity index (χ0) is 20.4. The molecule has 2 N–H and O–H groups in total. The number of aryl methyl sites for hydroxylation is 2. The van der Waals surface area contributed by atoms with Crippen molar-refractivity contribution in [2.24, 2.45) is 10.7 Å². The van der Waals surface area contributed by atoms with Crippen LogP contribution in [0.15, 0.2) is 41.4 Å². The standard InChI is InChI=1S/C25H31N3O/c1-16-9-17(2)11-20(10-16)18-5-6-19-13-25-8-7-21(29-4)14-24(25,22(19)12-18)15-28(3)23(26)27-25/h5-6,9-12,21H,7-8,13-15H2,1-4H3,(H2,26,27). The Morgan fingerprint density at radius 2 is 1.86 bits per heavy atom. The Hall–Kier alpha value is -2.33. The van der Waals surface area contributed by atoms with E-state index in [1.807, 2.05) is 7.11 Å². The second-order valence-corrected chi connectivity index (χ2v) is 9.47. The van der Waals surface area contributed by atoms with Crippen molar-refractivity contribution in [3.05, 3.63) is 58.7 Å². The van der Waals surface area contributed by atoms with E-state index in [0.29, 0.717) is 5.96 Å². The minimum atomic E-state index is -0.123. The maximum Gasteiger partial charge on any atom is 0.191 e. The van der Waals surface area contributed by atoms with Gasteiger partial charge in [-0.05, 0) is 61.8 Å². The first-order valence-corrected chi connectivity index (χ1v) is 10.7. The summed E-state index contributed by atoms with van der Waals surface area (Å²) in [4.78, 5) is 7.28. The molecule has 1 aliphatic heterocycles. The van der Waals surface area contributed by atoms with Crippen molar-refractivity contribution in [2.75, 3.05) is 20.7 Å². The SMILES string of the molecule is COC1CCC23Cc4ccc(-c5cc(C)cc(C)c5)cc4C2(C1)CN(C)C(N)=N3. The molecular formula is C25H31N3O. The molecule has 2 aromatic rings. The van der Waals surface area contributed by atoms with Crippen LogP contribution in [0.4, 0.5) is 0 Å². The number of fused-ring (bicyclic) bond motifs is 1. The van der Waals surface area contributed by atoms with Crippen LogP contribution >= 0.6 is 0 Å². The Bertz CT molecular complexity index is 993. The van der Waals surface area contributed by atoms with Gasteiger partial charge in [-0.25, -0.2) is 4.99 Å². The van der Waals surface area contributed by atoms with Gasteiger partial charge in [-0.3, -0.25) is 0 Å². The molecule has 29 heavy (non-hydrogen) atoms. The van der Waals surface area contributed by atoms with E-state index in [-0.39, 0.29) is 17.1 Å². The summed E-state index contributed by atoms with van der Waals surface area (Å²) in [5.41, 5.74) is 14.3. The van der Waals surface area contributed by atoms with Gasteiger partial charge in [0.15, 0.2) is 5.96 Å². The molecule has 3 unspecified atom stereocenters. The predicted molar refractivity (Wildman–Crippen MR) is 118 cm³/mol. The number of hydrogen-bond donors (Lipinski definition) is 1. The lowest BCUT2D eigenvalue weighted by Gasteiger charge is -2.54. The Balaban J connectivity index is 1.69. The Morgan fingerprint density at radius 1 is 1.10 bits per heavy atom. The number of hydrogen-bond acceptors (Lipinski definition) is 4. The Kier molecular flexibility index (Phi) is 4.08. The van der Waals surface area contributed by atoms with E-state index in [1.54, 1.807) is 0 Å². The van der Waals surface area contributed by atoms with E-state index in [9.17, 15) is 0 Å². The van der Waals surface area contributed by atoms with Crippen molar-refractivity contribution in [1.29, 1.82) is 0 Å². The second-order valence-electron chi connectivity index (χ2n) is 9.47. The van der Waals surface area contributed by atoms with Gasteiger partial charge in [0, 0.05) is 26.1 Å². The molecule has 3 aliphatic rings. The third-order valence-electron chi connectivity index (χ3n) is 7.57. The van der Waals surface area contributed by atoms with Crippen LogP contribution in [0.1, 0.15) is 41.5 Å². The van der Waals surface area contributed by atoms with Gasteiger partial charge in [-0.1, -0.05) is 47.5 Å². The highest BCUT2D eigenvalue weighted by Crippen LogP contribution is 2.58. The molecule has 1 fully saturated rings. The number of nitrogens with two attached hydrogens (primary N) is 1. The summed E-state index contributed by atoms with van der Waals surface area (Å²) in [5.74, 6) is 0.679. The highest BCUT2D eigenvalue weighted by atomic mass is 16.5. The van der Waals surface area contributed by atoms with E-state index in [1.165, 1.54) is 33.4 Å².